The topological polar surface area (TPSA) is 73.7 Å². The van der Waals surface area contributed by atoms with Crippen molar-refractivity contribution in [2.75, 3.05) is 26.2 Å². The van der Waals surface area contributed by atoms with Crippen LogP contribution >= 0.6 is 11.3 Å². The molecule has 1 aromatic heterocycles. The first kappa shape index (κ1) is 13.0. The molecule has 6 nitrogen and oxygen atoms in total. The summed E-state index contributed by atoms with van der Waals surface area (Å²) in [6.07, 6.45) is 0.862. The minimum absolute atomic E-state index is 0.0184. The lowest BCUT2D eigenvalue weighted by molar-refractivity contribution is -0.136. The van der Waals surface area contributed by atoms with Gasteiger partial charge in [-0.05, 0) is 0 Å². The molecule has 0 spiro atoms. The second-order valence-corrected chi connectivity index (χ2v) is 5.16. The van der Waals surface area contributed by atoms with Crippen LogP contribution in [0.25, 0.3) is 0 Å². The van der Waals surface area contributed by atoms with Gasteiger partial charge >= 0.3 is 5.97 Å². The van der Waals surface area contributed by atoms with Gasteiger partial charge in [-0.2, -0.15) is 0 Å². The van der Waals surface area contributed by atoms with Crippen LogP contribution in [0.1, 0.15) is 10.7 Å². The molecular weight excluding hydrogens is 254 g/mol. The molecule has 0 saturated carbocycles. The lowest BCUT2D eigenvalue weighted by Gasteiger charge is -2.31. The number of hydrogen-bond donors (Lipinski definition) is 1. The molecule has 98 valence electrons. The number of piperazine rings is 1. The average molecular weight is 269 g/mol. The molecule has 1 saturated heterocycles. The van der Waals surface area contributed by atoms with E-state index >= 15 is 0 Å². The standard InChI is InChI=1S/C11H15N3O3S/c15-8-14-3-1-13(2-4-14)6-10-12-9(7-18-10)5-11(16)17/h7-8H,1-6H2,(H,16,17). The van der Waals surface area contributed by atoms with Crippen molar-refractivity contribution in [2.45, 2.75) is 13.0 Å². The zero-order valence-electron chi connectivity index (χ0n) is 9.91. The average Bonchev–Trinajstić information content (AvgIpc) is 2.76. The minimum atomic E-state index is -0.855. The Balaban J connectivity index is 1.84. The zero-order chi connectivity index (χ0) is 13.0. The van der Waals surface area contributed by atoms with Gasteiger partial charge in [-0.3, -0.25) is 14.5 Å². The number of nitrogens with zero attached hydrogens (tertiary/aromatic N) is 3. The fourth-order valence-electron chi connectivity index (χ4n) is 1.88. The van der Waals surface area contributed by atoms with Crippen LogP contribution in [0.4, 0.5) is 0 Å². The summed E-state index contributed by atoms with van der Waals surface area (Å²) in [6.45, 7) is 3.91. The predicted octanol–water partition coefficient (Wildman–Crippen LogP) is 0.0442. The van der Waals surface area contributed by atoms with Crippen molar-refractivity contribution in [3.8, 4) is 0 Å². The maximum atomic E-state index is 10.6. The summed E-state index contributed by atoms with van der Waals surface area (Å²) in [7, 11) is 0. The molecular formula is C11H15N3O3S. The van der Waals surface area contributed by atoms with Crippen LogP contribution in [0.3, 0.4) is 0 Å². The first-order valence-electron chi connectivity index (χ1n) is 5.74. The minimum Gasteiger partial charge on any atom is -0.481 e. The van der Waals surface area contributed by atoms with E-state index in [1.54, 1.807) is 10.3 Å². The lowest BCUT2D eigenvalue weighted by atomic mass is 10.3. The molecule has 0 unspecified atom stereocenters. The van der Waals surface area contributed by atoms with E-state index in [9.17, 15) is 9.59 Å². The molecule has 1 N–H and O–H groups in total. The maximum Gasteiger partial charge on any atom is 0.309 e. The molecule has 0 radical (unpaired) electrons. The van der Waals surface area contributed by atoms with Crippen molar-refractivity contribution < 1.29 is 14.7 Å². The van der Waals surface area contributed by atoms with E-state index in [0.29, 0.717) is 5.69 Å². The van der Waals surface area contributed by atoms with Crippen molar-refractivity contribution in [3.05, 3.63) is 16.1 Å². The van der Waals surface area contributed by atoms with E-state index in [1.807, 2.05) is 0 Å². The zero-order valence-corrected chi connectivity index (χ0v) is 10.7. The molecule has 18 heavy (non-hydrogen) atoms. The Labute approximate surface area is 109 Å². The highest BCUT2D eigenvalue weighted by Gasteiger charge is 2.16. The number of aliphatic carboxylic acids is 1. The third kappa shape index (κ3) is 3.51. The fourth-order valence-corrected chi connectivity index (χ4v) is 2.71. The highest BCUT2D eigenvalue weighted by molar-refractivity contribution is 7.09. The summed E-state index contributed by atoms with van der Waals surface area (Å²) in [5.74, 6) is -0.855. The molecule has 0 aromatic carbocycles. The molecule has 0 aliphatic carbocycles. The van der Waals surface area contributed by atoms with Gasteiger partial charge in [-0.15, -0.1) is 11.3 Å². The largest absolute Gasteiger partial charge is 0.481 e. The Hall–Kier alpha value is -1.47. The summed E-state index contributed by atoms with van der Waals surface area (Å²) in [5, 5.41) is 11.4. The van der Waals surface area contributed by atoms with Crippen LogP contribution in [0, 0.1) is 0 Å². The Kier molecular flexibility index (Phi) is 4.27. The molecule has 1 aliphatic rings. The van der Waals surface area contributed by atoms with Gasteiger partial charge in [-0.1, -0.05) is 0 Å². The summed E-state index contributed by atoms with van der Waals surface area (Å²) in [5.41, 5.74) is 0.619. The van der Waals surface area contributed by atoms with Crippen molar-refractivity contribution in [1.29, 1.82) is 0 Å². The normalized spacial score (nSPS) is 16.8. The summed E-state index contributed by atoms with van der Waals surface area (Å²) < 4.78 is 0. The second-order valence-electron chi connectivity index (χ2n) is 4.22. The maximum absolute atomic E-state index is 10.6. The first-order valence-corrected chi connectivity index (χ1v) is 6.62. The monoisotopic (exact) mass is 269 g/mol. The van der Waals surface area contributed by atoms with Gasteiger partial charge in [0.15, 0.2) is 0 Å². The van der Waals surface area contributed by atoms with E-state index in [-0.39, 0.29) is 6.42 Å². The number of thiazole rings is 1. The Morgan fingerprint density at radius 3 is 2.78 bits per heavy atom. The molecule has 7 heteroatoms. The van der Waals surface area contributed by atoms with Crippen LogP contribution in [0.2, 0.25) is 0 Å². The molecule has 0 bridgehead atoms. The summed E-state index contributed by atoms with van der Waals surface area (Å²) >= 11 is 1.49. The van der Waals surface area contributed by atoms with Gasteiger partial charge in [0.25, 0.3) is 0 Å². The van der Waals surface area contributed by atoms with Gasteiger partial charge < -0.3 is 10.0 Å². The van der Waals surface area contributed by atoms with Gasteiger partial charge in [0.05, 0.1) is 18.7 Å². The quantitative estimate of drug-likeness (QED) is 0.764. The van der Waals surface area contributed by atoms with Crippen molar-refractivity contribution in [1.82, 2.24) is 14.8 Å². The van der Waals surface area contributed by atoms with Crippen molar-refractivity contribution in [3.63, 3.8) is 0 Å². The number of rotatable bonds is 5. The van der Waals surface area contributed by atoms with E-state index in [0.717, 1.165) is 44.1 Å². The summed E-state index contributed by atoms with van der Waals surface area (Å²) in [4.78, 5) is 29.4. The highest BCUT2D eigenvalue weighted by Crippen LogP contribution is 2.14. The second kappa shape index (κ2) is 5.92. The van der Waals surface area contributed by atoms with E-state index in [1.165, 1.54) is 11.3 Å². The van der Waals surface area contributed by atoms with E-state index in [4.69, 9.17) is 5.11 Å². The molecule has 1 aromatic rings. The van der Waals surface area contributed by atoms with Crippen LogP contribution in [0.5, 0.6) is 0 Å². The molecule has 0 atom stereocenters. The Morgan fingerprint density at radius 1 is 1.44 bits per heavy atom. The number of carboxylic acids is 1. The van der Waals surface area contributed by atoms with Crippen LogP contribution in [-0.2, 0) is 22.6 Å². The SMILES string of the molecule is O=CN1CCN(Cc2nc(CC(=O)O)cs2)CC1. The Bertz CT molecular complexity index is 427. The van der Waals surface area contributed by atoms with Crippen molar-refractivity contribution >= 4 is 23.7 Å². The lowest BCUT2D eigenvalue weighted by Crippen LogP contribution is -2.45. The van der Waals surface area contributed by atoms with Gasteiger partial charge in [-0.25, -0.2) is 4.98 Å². The third-order valence-corrected chi connectivity index (χ3v) is 3.73. The fraction of sp³-hybridized carbons (Fsp3) is 0.545. The highest BCUT2D eigenvalue weighted by atomic mass is 32.1. The van der Waals surface area contributed by atoms with E-state index < -0.39 is 5.97 Å². The van der Waals surface area contributed by atoms with Gasteiger partial charge in [0.2, 0.25) is 6.41 Å². The van der Waals surface area contributed by atoms with Gasteiger partial charge in [0, 0.05) is 31.6 Å². The molecule has 1 amide bonds. The van der Waals surface area contributed by atoms with Gasteiger partial charge in [0.1, 0.15) is 5.01 Å². The number of hydrogen-bond acceptors (Lipinski definition) is 5. The van der Waals surface area contributed by atoms with Crippen LogP contribution in [0.15, 0.2) is 5.38 Å². The third-order valence-electron chi connectivity index (χ3n) is 2.85. The molecule has 1 aliphatic heterocycles. The van der Waals surface area contributed by atoms with Crippen LogP contribution in [-0.4, -0.2) is 58.4 Å². The van der Waals surface area contributed by atoms with Crippen molar-refractivity contribution in [2.24, 2.45) is 0 Å². The predicted molar refractivity (Wildman–Crippen MR) is 66.4 cm³/mol. The van der Waals surface area contributed by atoms with E-state index in [2.05, 4.69) is 9.88 Å². The molecule has 1 fully saturated rings. The molecule has 2 rings (SSSR count). The number of carbonyl (C=O) groups is 2. The number of carbonyl (C=O) groups excluding carboxylic acids is 1. The number of carboxylic acid groups (broad SMARTS) is 1. The number of amides is 1. The smallest absolute Gasteiger partial charge is 0.309 e. The summed E-state index contributed by atoms with van der Waals surface area (Å²) in [6, 6.07) is 0. The van der Waals surface area contributed by atoms with Crippen LogP contribution < -0.4 is 0 Å². The molecule has 2 heterocycles. The Morgan fingerprint density at radius 2 is 2.17 bits per heavy atom. The first-order chi connectivity index (χ1) is 8.67. The number of aromatic nitrogens is 1.